The van der Waals surface area contributed by atoms with E-state index < -0.39 is 0 Å². The Morgan fingerprint density at radius 1 is 1.47 bits per heavy atom. The Balaban J connectivity index is 2.21. The predicted octanol–water partition coefficient (Wildman–Crippen LogP) is 3.86. The molecule has 78 valence electrons. The van der Waals surface area contributed by atoms with Crippen LogP contribution < -0.4 is 0 Å². The number of hydrogen-bond donors (Lipinski definition) is 0. The molecule has 0 N–H and O–H groups in total. The van der Waals surface area contributed by atoms with E-state index in [9.17, 15) is 4.39 Å². The van der Waals surface area contributed by atoms with Crippen LogP contribution in [-0.4, -0.2) is 5.54 Å². The Morgan fingerprint density at radius 2 is 2.20 bits per heavy atom. The van der Waals surface area contributed by atoms with Crippen molar-refractivity contribution in [2.24, 2.45) is 0 Å². The molecule has 0 spiro atoms. The smallest absolute Gasteiger partial charge is 0.236 e. The highest BCUT2D eigenvalue weighted by molar-refractivity contribution is 6.30. The molecular weight excluding hydrogens is 213 g/mol. The normalized spacial score (nSPS) is 17.9. The van der Waals surface area contributed by atoms with Crippen molar-refractivity contribution < 1.29 is 4.39 Å². The van der Waals surface area contributed by atoms with Gasteiger partial charge in [0.2, 0.25) is 5.54 Å². The number of rotatable bonds is 2. The fourth-order valence-corrected chi connectivity index (χ4v) is 2.09. The van der Waals surface area contributed by atoms with Crippen LogP contribution in [0.2, 0.25) is 5.02 Å². The third-order valence-electron chi connectivity index (χ3n) is 3.06. The van der Waals surface area contributed by atoms with Gasteiger partial charge in [-0.1, -0.05) is 17.7 Å². The van der Waals surface area contributed by atoms with E-state index in [2.05, 4.69) is 4.85 Å². The van der Waals surface area contributed by atoms with Crippen molar-refractivity contribution in [3.8, 4) is 0 Å². The molecule has 1 aromatic rings. The summed E-state index contributed by atoms with van der Waals surface area (Å²) in [6.07, 6.45) is 3.37. The van der Waals surface area contributed by atoms with Crippen molar-refractivity contribution in [1.82, 2.24) is 0 Å². The van der Waals surface area contributed by atoms with E-state index in [0.29, 0.717) is 17.0 Å². The van der Waals surface area contributed by atoms with Gasteiger partial charge in [0.05, 0.1) is 6.42 Å². The molecule has 0 heterocycles. The standard InChI is InChI=1S/C12H11ClFN/c1-15-12(5-2-6-12)8-9-3-4-10(13)7-11(9)14/h3-4,7H,2,5-6,8H2. The second-order valence-electron chi connectivity index (χ2n) is 4.10. The molecule has 0 radical (unpaired) electrons. The number of nitrogens with zero attached hydrogens (tertiary/aromatic N) is 1. The molecule has 2 rings (SSSR count). The first-order chi connectivity index (χ1) is 7.15. The summed E-state index contributed by atoms with van der Waals surface area (Å²) in [7, 11) is 0. The third-order valence-corrected chi connectivity index (χ3v) is 3.29. The van der Waals surface area contributed by atoms with E-state index in [1.165, 1.54) is 6.07 Å². The molecule has 0 aliphatic heterocycles. The molecular formula is C12H11ClFN. The number of benzene rings is 1. The Bertz CT molecular complexity index is 418. The van der Waals surface area contributed by atoms with Crippen molar-refractivity contribution in [3.63, 3.8) is 0 Å². The summed E-state index contributed by atoms with van der Waals surface area (Å²) in [5, 5.41) is 0.404. The van der Waals surface area contributed by atoms with Crippen molar-refractivity contribution in [2.75, 3.05) is 0 Å². The van der Waals surface area contributed by atoms with Crippen LogP contribution in [0.1, 0.15) is 24.8 Å². The summed E-state index contributed by atoms with van der Waals surface area (Å²) < 4.78 is 13.5. The van der Waals surface area contributed by atoms with Crippen LogP contribution in [0.4, 0.5) is 4.39 Å². The van der Waals surface area contributed by atoms with Gasteiger partial charge in [0, 0.05) is 17.9 Å². The molecule has 0 atom stereocenters. The summed E-state index contributed by atoms with van der Waals surface area (Å²) in [5.41, 5.74) is 0.268. The Labute approximate surface area is 93.7 Å². The molecule has 1 saturated carbocycles. The number of hydrogen-bond acceptors (Lipinski definition) is 0. The second kappa shape index (κ2) is 3.83. The molecule has 0 bridgehead atoms. The molecule has 1 aliphatic rings. The lowest BCUT2D eigenvalue weighted by Crippen LogP contribution is -2.35. The zero-order valence-electron chi connectivity index (χ0n) is 8.26. The molecule has 0 saturated heterocycles. The van der Waals surface area contributed by atoms with Crippen LogP contribution in [-0.2, 0) is 6.42 Å². The van der Waals surface area contributed by atoms with Gasteiger partial charge in [-0.25, -0.2) is 11.0 Å². The van der Waals surface area contributed by atoms with Gasteiger partial charge in [-0.05, 0) is 24.1 Å². The summed E-state index contributed by atoms with van der Waals surface area (Å²) in [6, 6.07) is 4.67. The Hall–Kier alpha value is -1.07. The van der Waals surface area contributed by atoms with E-state index in [-0.39, 0.29) is 11.4 Å². The first-order valence-electron chi connectivity index (χ1n) is 4.98. The average molecular weight is 224 g/mol. The van der Waals surface area contributed by atoms with Crippen molar-refractivity contribution in [2.45, 2.75) is 31.2 Å². The zero-order chi connectivity index (χ0) is 10.9. The fraction of sp³-hybridized carbons (Fsp3) is 0.417. The number of halogens is 2. The van der Waals surface area contributed by atoms with Gasteiger partial charge in [0.15, 0.2) is 0 Å². The summed E-state index contributed by atoms with van der Waals surface area (Å²) >= 11 is 5.67. The fourth-order valence-electron chi connectivity index (χ4n) is 1.93. The molecule has 0 unspecified atom stereocenters. The Morgan fingerprint density at radius 3 is 2.67 bits per heavy atom. The zero-order valence-corrected chi connectivity index (χ0v) is 9.02. The lowest BCUT2D eigenvalue weighted by Gasteiger charge is -2.30. The largest absolute Gasteiger partial charge is 0.310 e. The quantitative estimate of drug-likeness (QED) is 0.671. The van der Waals surface area contributed by atoms with Gasteiger partial charge in [-0.3, -0.25) is 0 Å². The highest BCUT2D eigenvalue weighted by Gasteiger charge is 2.44. The monoisotopic (exact) mass is 223 g/mol. The average Bonchev–Trinajstić information content (AvgIpc) is 2.14. The molecule has 0 amide bonds. The summed E-state index contributed by atoms with van der Waals surface area (Å²) in [5.74, 6) is -0.294. The highest BCUT2D eigenvalue weighted by atomic mass is 35.5. The van der Waals surface area contributed by atoms with E-state index in [4.69, 9.17) is 18.2 Å². The topological polar surface area (TPSA) is 4.36 Å². The van der Waals surface area contributed by atoms with Crippen LogP contribution in [0.3, 0.4) is 0 Å². The van der Waals surface area contributed by atoms with Crippen molar-refractivity contribution in [3.05, 3.63) is 46.0 Å². The molecule has 15 heavy (non-hydrogen) atoms. The van der Waals surface area contributed by atoms with Crippen LogP contribution in [0, 0.1) is 12.4 Å². The van der Waals surface area contributed by atoms with Gasteiger partial charge in [0.25, 0.3) is 0 Å². The van der Waals surface area contributed by atoms with Gasteiger partial charge in [-0.15, -0.1) is 0 Å². The molecule has 1 fully saturated rings. The summed E-state index contributed by atoms with van der Waals surface area (Å²) in [6.45, 7) is 7.15. The first kappa shape index (κ1) is 10.4. The minimum Gasteiger partial charge on any atom is -0.310 e. The SMILES string of the molecule is [C-]#[N+]C1(Cc2ccc(Cl)cc2F)CCC1. The van der Waals surface area contributed by atoms with E-state index in [1.807, 2.05) is 0 Å². The minimum atomic E-state index is -0.339. The van der Waals surface area contributed by atoms with Crippen LogP contribution in [0.25, 0.3) is 4.85 Å². The maximum atomic E-state index is 13.5. The minimum absolute atomic E-state index is 0.294. The summed E-state index contributed by atoms with van der Waals surface area (Å²) in [4.78, 5) is 3.63. The van der Waals surface area contributed by atoms with Gasteiger partial charge >= 0.3 is 0 Å². The molecule has 1 nitrogen and oxygen atoms in total. The lowest BCUT2D eigenvalue weighted by molar-refractivity contribution is 0.298. The van der Waals surface area contributed by atoms with Crippen LogP contribution in [0.15, 0.2) is 18.2 Å². The maximum absolute atomic E-state index is 13.5. The second-order valence-corrected chi connectivity index (χ2v) is 4.54. The third kappa shape index (κ3) is 1.98. The lowest BCUT2D eigenvalue weighted by atomic mass is 9.73. The highest BCUT2D eigenvalue weighted by Crippen LogP contribution is 2.39. The van der Waals surface area contributed by atoms with Crippen LogP contribution in [0.5, 0.6) is 0 Å². The predicted molar refractivity (Wildman–Crippen MR) is 58.3 cm³/mol. The van der Waals surface area contributed by atoms with Gasteiger partial charge < -0.3 is 4.85 Å². The molecule has 3 heteroatoms. The van der Waals surface area contributed by atoms with Crippen LogP contribution >= 0.6 is 11.6 Å². The Kier molecular flexibility index (Phi) is 2.67. The van der Waals surface area contributed by atoms with E-state index in [0.717, 1.165) is 19.3 Å². The first-order valence-corrected chi connectivity index (χ1v) is 5.36. The van der Waals surface area contributed by atoms with Crippen molar-refractivity contribution in [1.29, 1.82) is 0 Å². The van der Waals surface area contributed by atoms with E-state index in [1.54, 1.807) is 12.1 Å². The molecule has 1 aliphatic carbocycles. The molecule has 0 aromatic heterocycles. The maximum Gasteiger partial charge on any atom is 0.236 e. The molecule has 1 aromatic carbocycles. The van der Waals surface area contributed by atoms with Gasteiger partial charge in [0.1, 0.15) is 5.82 Å². The van der Waals surface area contributed by atoms with Gasteiger partial charge in [-0.2, -0.15) is 0 Å². The van der Waals surface area contributed by atoms with Crippen molar-refractivity contribution >= 4 is 11.6 Å². The van der Waals surface area contributed by atoms with E-state index >= 15 is 0 Å².